The molecule has 3 nitrogen and oxygen atoms in total. The van der Waals surface area contributed by atoms with Gasteiger partial charge in [-0.1, -0.05) is 0 Å². The Hall–Kier alpha value is -1.00. The summed E-state index contributed by atoms with van der Waals surface area (Å²) in [5, 5.41) is 2.54. The fraction of sp³-hybridized carbons (Fsp3) is 0.818. The third-order valence-electron chi connectivity index (χ3n) is 3.06. The third kappa shape index (κ3) is 3.54. The molecule has 1 unspecified atom stereocenters. The molecule has 1 atom stereocenters. The molecule has 1 aliphatic carbocycles. The molecule has 0 aromatic carbocycles. The molecule has 0 aliphatic heterocycles. The molecule has 1 saturated carbocycles. The molecular weight excluding hydrogens is 216 g/mol. The predicted molar refractivity (Wildman–Crippen MR) is 55.2 cm³/mol. The van der Waals surface area contributed by atoms with Gasteiger partial charge in [0.2, 0.25) is 11.8 Å². The highest BCUT2D eigenvalue weighted by molar-refractivity contribution is 5.88. The normalized spacial score (nSPS) is 22.5. The topological polar surface area (TPSA) is 46.2 Å². The average molecular weight is 233 g/mol. The minimum absolute atomic E-state index is 0.130. The lowest BCUT2D eigenvalue weighted by molar-refractivity contribution is -0.132. The highest BCUT2D eigenvalue weighted by Gasteiger charge is 2.37. The molecular formula is C11H17F2NO2. The van der Waals surface area contributed by atoms with E-state index in [0.717, 1.165) is 0 Å². The van der Waals surface area contributed by atoms with Gasteiger partial charge in [-0.3, -0.25) is 9.59 Å². The summed E-state index contributed by atoms with van der Waals surface area (Å²) in [6.07, 6.45) is -0.0774. The number of alkyl halides is 2. The summed E-state index contributed by atoms with van der Waals surface area (Å²) < 4.78 is 25.7. The van der Waals surface area contributed by atoms with E-state index in [-0.39, 0.29) is 43.3 Å². The zero-order chi connectivity index (χ0) is 12.3. The lowest BCUT2D eigenvalue weighted by Gasteiger charge is -2.28. The van der Waals surface area contributed by atoms with E-state index in [9.17, 15) is 18.4 Å². The van der Waals surface area contributed by atoms with Crippen LogP contribution >= 0.6 is 0 Å². The summed E-state index contributed by atoms with van der Waals surface area (Å²) in [6, 6.07) is -0.532. The van der Waals surface area contributed by atoms with Crippen molar-refractivity contribution >= 4 is 11.7 Å². The summed E-state index contributed by atoms with van der Waals surface area (Å²) in [6.45, 7) is 2.98. The molecule has 0 saturated heterocycles. The minimum Gasteiger partial charge on any atom is -0.346 e. The highest BCUT2D eigenvalue weighted by atomic mass is 19.3. The zero-order valence-corrected chi connectivity index (χ0v) is 9.56. The van der Waals surface area contributed by atoms with Crippen molar-refractivity contribution in [3.05, 3.63) is 0 Å². The zero-order valence-electron chi connectivity index (χ0n) is 9.56. The van der Waals surface area contributed by atoms with Crippen LogP contribution in [0.5, 0.6) is 0 Å². The van der Waals surface area contributed by atoms with Gasteiger partial charge in [-0.25, -0.2) is 8.78 Å². The van der Waals surface area contributed by atoms with Crippen LogP contribution in [0.15, 0.2) is 0 Å². The number of amides is 1. The number of nitrogens with one attached hydrogen (secondary N) is 1. The summed E-state index contributed by atoms with van der Waals surface area (Å²) in [5.41, 5.74) is 0. The largest absolute Gasteiger partial charge is 0.346 e. The van der Waals surface area contributed by atoms with Crippen molar-refractivity contribution in [1.29, 1.82) is 0 Å². The fourth-order valence-electron chi connectivity index (χ4n) is 1.74. The van der Waals surface area contributed by atoms with E-state index in [1.807, 2.05) is 0 Å². The van der Waals surface area contributed by atoms with Gasteiger partial charge >= 0.3 is 0 Å². The Labute approximate surface area is 93.6 Å². The second-order valence-electron chi connectivity index (χ2n) is 4.47. The van der Waals surface area contributed by atoms with Gasteiger partial charge in [0, 0.05) is 18.8 Å². The first-order chi connectivity index (χ1) is 7.32. The Balaban J connectivity index is 2.42. The lowest BCUT2D eigenvalue weighted by atomic mass is 9.86. The summed E-state index contributed by atoms with van der Waals surface area (Å²) in [4.78, 5) is 22.5. The van der Waals surface area contributed by atoms with Gasteiger partial charge in [0.25, 0.3) is 0 Å². The van der Waals surface area contributed by atoms with Crippen LogP contribution in [-0.2, 0) is 9.59 Å². The summed E-state index contributed by atoms with van der Waals surface area (Å²) in [5.74, 6) is -3.41. The third-order valence-corrected chi connectivity index (χ3v) is 3.06. The van der Waals surface area contributed by atoms with Gasteiger partial charge < -0.3 is 5.32 Å². The average Bonchev–Trinajstić information content (AvgIpc) is 2.17. The first-order valence-corrected chi connectivity index (χ1v) is 5.50. The molecule has 0 heterocycles. The molecule has 0 radical (unpaired) electrons. The molecule has 0 aromatic rings. The van der Waals surface area contributed by atoms with E-state index in [4.69, 9.17) is 0 Å². The van der Waals surface area contributed by atoms with E-state index in [1.54, 1.807) is 6.92 Å². The van der Waals surface area contributed by atoms with Crippen LogP contribution in [0.25, 0.3) is 0 Å². The molecule has 0 bridgehead atoms. The van der Waals surface area contributed by atoms with Gasteiger partial charge in [-0.2, -0.15) is 0 Å². The number of carbonyl (C=O) groups is 2. The van der Waals surface area contributed by atoms with Crippen LogP contribution in [0.4, 0.5) is 8.78 Å². The van der Waals surface area contributed by atoms with Crippen LogP contribution < -0.4 is 5.32 Å². The Morgan fingerprint density at radius 2 is 1.81 bits per heavy atom. The number of hydrogen-bond acceptors (Lipinski definition) is 2. The molecule has 1 amide bonds. The van der Waals surface area contributed by atoms with Crippen LogP contribution in [0.2, 0.25) is 0 Å². The SMILES string of the molecule is CC(=O)C(C)NC(=O)C1CCC(F)(F)CC1. The van der Waals surface area contributed by atoms with E-state index in [1.165, 1.54) is 6.92 Å². The molecule has 1 fully saturated rings. The molecule has 1 rings (SSSR count). The van der Waals surface area contributed by atoms with Gasteiger partial charge in [0.1, 0.15) is 0 Å². The van der Waals surface area contributed by atoms with Crippen molar-refractivity contribution in [2.75, 3.05) is 0 Å². The Morgan fingerprint density at radius 1 is 1.31 bits per heavy atom. The van der Waals surface area contributed by atoms with Crippen LogP contribution in [0.1, 0.15) is 39.5 Å². The minimum atomic E-state index is -2.62. The van der Waals surface area contributed by atoms with Gasteiger partial charge in [-0.05, 0) is 26.7 Å². The molecule has 0 spiro atoms. The Morgan fingerprint density at radius 3 is 2.25 bits per heavy atom. The maximum atomic E-state index is 12.8. The number of Topliss-reactive ketones (excluding diaryl/α,β-unsaturated/α-hetero) is 1. The molecule has 1 N–H and O–H groups in total. The predicted octanol–water partition coefficient (Wildman–Crippen LogP) is 1.91. The number of carbonyl (C=O) groups excluding carboxylic acids is 2. The summed E-state index contributed by atoms with van der Waals surface area (Å²) >= 11 is 0. The Bertz CT molecular complexity index is 282. The molecule has 5 heteroatoms. The maximum absolute atomic E-state index is 12.8. The monoisotopic (exact) mass is 233 g/mol. The maximum Gasteiger partial charge on any atom is 0.248 e. The van der Waals surface area contributed by atoms with E-state index in [0.29, 0.717) is 0 Å². The van der Waals surface area contributed by atoms with Crippen molar-refractivity contribution < 1.29 is 18.4 Å². The molecule has 0 aromatic heterocycles. The van der Waals surface area contributed by atoms with E-state index in [2.05, 4.69) is 5.32 Å². The van der Waals surface area contributed by atoms with Crippen molar-refractivity contribution in [1.82, 2.24) is 5.32 Å². The molecule has 92 valence electrons. The van der Waals surface area contributed by atoms with Crippen molar-refractivity contribution in [2.24, 2.45) is 5.92 Å². The van der Waals surface area contributed by atoms with Crippen LogP contribution in [0, 0.1) is 5.92 Å². The van der Waals surface area contributed by atoms with Crippen molar-refractivity contribution in [3.8, 4) is 0 Å². The van der Waals surface area contributed by atoms with Crippen LogP contribution in [-0.4, -0.2) is 23.7 Å². The van der Waals surface area contributed by atoms with E-state index >= 15 is 0 Å². The number of ketones is 1. The first-order valence-electron chi connectivity index (χ1n) is 5.50. The Kier molecular flexibility index (Phi) is 3.99. The number of halogens is 2. The van der Waals surface area contributed by atoms with E-state index < -0.39 is 12.0 Å². The fourth-order valence-corrected chi connectivity index (χ4v) is 1.74. The van der Waals surface area contributed by atoms with Gasteiger partial charge in [0.15, 0.2) is 5.78 Å². The quantitative estimate of drug-likeness (QED) is 0.809. The van der Waals surface area contributed by atoms with Gasteiger partial charge in [-0.15, -0.1) is 0 Å². The standard InChI is InChI=1S/C11H17F2NO2/c1-7(8(2)15)14-10(16)9-3-5-11(12,13)6-4-9/h7,9H,3-6H2,1-2H3,(H,14,16). The second-order valence-corrected chi connectivity index (χ2v) is 4.47. The first kappa shape index (κ1) is 13.1. The second kappa shape index (κ2) is 4.89. The summed E-state index contributed by atoms with van der Waals surface area (Å²) in [7, 11) is 0. The lowest BCUT2D eigenvalue weighted by Crippen LogP contribution is -2.42. The van der Waals surface area contributed by atoms with Gasteiger partial charge in [0.05, 0.1) is 6.04 Å². The smallest absolute Gasteiger partial charge is 0.248 e. The van der Waals surface area contributed by atoms with Crippen molar-refractivity contribution in [2.45, 2.75) is 51.5 Å². The molecule has 16 heavy (non-hydrogen) atoms. The number of rotatable bonds is 3. The van der Waals surface area contributed by atoms with Crippen LogP contribution in [0.3, 0.4) is 0 Å². The highest BCUT2D eigenvalue weighted by Crippen LogP contribution is 2.36. The van der Waals surface area contributed by atoms with Crippen molar-refractivity contribution in [3.63, 3.8) is 0 Å². The molecule has 1 aliphatic rings. The number of hydrogen-bond donors (Lipinski definition) is 1.